The molecule has 8 nitrogen and oxygen atoms in total. The molecule has 1 saturated heterocycles. The minimum absolute atomic E-state index is 0.124. The lowest BCUT2D eigenvalue weighted by Gasteiger charge is -2.20. The van der Waals surface area contributed by atoms with E-state index in [-0.39, 0.29) is 16.5 Å². The van der Waals surface area contributed by atoms with Gasteiger partial charge in [0.05, 0.1) is 16.9 Å². The Bertz CT molecular complexity index is 961. The lowest BCUT2D eigenvalue weighted by atomic mass is 9.97. The number of nitro benzene ring substituents is 1. The lowest BCUT2D eigenvalue weighted by Crippen LogP contribution is -2.22. The fourth-order valence-electron chi connectivity index (χ4n) is 3.44. The van der Waals surface area contributed by atoms with E-state index in [4.69, 9.17) is 4.74 Å². The first-order chi connectivity index (χ1) is 12.9. The molecule has 0 amide bonds. The second-order valence-corrected chi connectivity index (χ2v) is 8.18. The SMILES string of the molecule is CNS(=O)(=O)c1ccc(N2CCC(c3ccccc3OC)C2)c([N+](=O)[O-])c1. The molecule has 1 atom stereocenters. The van der Waals surface area contributed by atoms with Gasteiger partial charge in [0.2, 0.25) is 10.0 Å². The Balaban J connectivity index is 1.92. The van der Waals surface area contributed by atoms with Crippen molar-refractivity contribution in [3.63, 3.8) is 0 Å². The third-order valence-electron chi connectivity index (χ3n) is 4.83. The number of nitro groups is 1. The Kier molecular flexibility index (Phi) is 5.33. The van der Waals surface area contributed by atoms with Crippen molar-refractivity contribution in [2.75, 3.05) is 32.1 Å². The summed E-state index contributed by atoms with van der Waals surface area (Å²) in [5.74, 6) is 0.982. The van der Waals surface area contributed by atoms with Crippen molar-refractivity contribution in [2.24, 2.45) is 0 Å². The van der Waals surface area contributed by atoms with Crippen LogP contribution in [0.5, 0.6) is 5.75 Å². The van der Waals surface area contributed by atoms with Crippen LogP contribution < -0.4 is 14.4 Å². The number of hydrogen-bond acceptors (Lipinski definition) is 6. The maximum Gasteiger partial charge on any atom is 0.293 e. The number of anilines is 1. The summed E-state index contributed by atoms with van der Waals surface area (Å²) in [5, 5.41) is 11.5. The van der Waals surface area contributed by atoms with E-state index in [1.807, 2.05) is 29.2 Å². The second-order valence-electron chi connectivity index (χ2n) is 6.29. The average molecular weight is 391 g/mol. The number of ether oxygens (including phenoxy) is 1. The highest BCUT2D eigenvalue weighted by atomic mass is 32.2. The van der Waals surface area contributed by atoms with Crippen molar-refractivity contribution in [1.82, 2.24) is 4.72 Å². The highest BCUT2D eigenvalue weighted by Crippen LogP contribution is 2.39. The lowest BCUT2D eigenvalue weighted by molar-refractivity contribution is -0.384. The molecule has 1 aliphatic rings. The molecule has 9 heteroatoms. The Morgan fingerprint density at radius 2 is 2.00 bits per heavy atom. The summed E-state index contributed by atoms with van der Waals surface area (Å²) < 4.78 is 31.5. The monoisotopic (exact) mass is 391 g/mol. The molecule has 0 radical (unpaired) electrons. The fraction of sp³-hybridized carbons (Fsp3) is 0.333. The maximum atomic E-state index is 12.0. The summed E-state index contributed by atoms with van der Waals surface area (Å²) in [7, 11) is -0.853. The smallest absolute Gasteiger partial charge is 0.293 e. The highest BCUT2D eigenvalue weighted by molar-refractivity contribution is 7.89. The van der Waals surface area contributed by atoms with E-state index >= 15 is 0 Å². The molecule has 1 N–H and O–H groups in total. The second kappa shape index (κ2) is 7.53. The van der Waals surface area contributed by atoms with Crippen LogP contribution in [0.1, 0.15) is 17.9 Å². The minimum Gasteiger partial charge on any atom is -0.496 e. The molecule has 0 saturated carbocycles. The zero-order chi connectivity index (χ0) is 19.6. The van der Waals surface area contributed by atoms with Crippen LogP contribution in [0, 0.1) is 10.1 Å². The van der Waals surface area contributed by atoms with Crippen molar-refractivity contribution in [2.45, 2.75) is 17.2 Å². The Morgan fingerprint density at radius 1 is 1.26 bits per heavy atom. The number of sulfonamides is 1. The van der Waals surface area contributed by atoms with E-state index in [1.165, 1.54) is 19.2 Å². The Hall–Kier alpha value is -2.65. The molecule has 2 aromatic carbocycles. The van der Waals surface area contributed by atoms with Crippen LogP contribution in [0.25, 0.3) is 0 Å². The molecule has 27 heavy (non-hydrogen) atoms. The first-order valence-electron chi connectivity index (χ1n) is 8.47. The molecule has 1 unspecified atom stereocenters. The van der Waals surface area contributed by atoms with Gasteiger partial charge >= 0.3 is 0 Å². The van der Waals surface area contributed by atoms with E-state index in [0.717, 1.165) is 23.8 Å². The number of benzene rings is 2. The van der Waals surface area contributed by atoms with Gasteiger partial charge in [-0.25, -0.2) is 13.1 Å². The zero-order valence-corrected chi connectivity index (χ0v) is 15.9. The first-order valence-corrected chi connectivity index (χ1v) is 9.95. The summed E-state index contributed by atoms with van der Waals surface area (Å²) in [5.41, 5.74) is 1.28. The third-order valence-corrected chi connectivity index (χ3v) is 6.24. The topological polar surface area (TPSA) is 102 Å². The fourth-order valence-corrected chi connectivity index (χ4v) is 4.19. The number of nitrogens with one attached hydrogen (secondary N) is 1. The molecule has 1 fully saturated rings. The van der Waals surface area contributed by atoms with Gasteiger partial charge < -0.3 is 9.64 Å². The molecule has 0 aliphatic carbocycles. The van der Waals surface area contributed by atoms with Crippen molar-refractivity contribution in [3.8, 4) is 5.75 Å². The number of methoxy groups -OCH3 is 1. The van der Waals surface area contributed by atoms with Gasteiger partial charge in [-0.15, -0.1) is 0 Å². The van der Waals surface area contributed by atoms with Crippen LogP contribution in [-0.4, -0.2) is 40.6 Å². The maximum absolute atomic E-state index is 12.0. The summed E-state index contributed by atoms with van der Waals surface area (Å²) >= 11 is 0. The predicted octanol–water partition coefficient (Wildman–Crippen LogP) is 2.51. The number of rotatable bonds is 6. The first kappa shape index (κ1) is 19.1. The molecule has 2 aromatic rings. The highest BCUT2D eigenvalue weighted by Gasteiger charge is 2.31. The standard InChI is InChI=1S/C18H21N3O5S/c1-19-27(24,25)14-7-8-16(17(11-14)21(22)23)20-10-9-13(12-20)15-5-3-4-6-18(15)26-2/h3-8,11,13,19H,9-10,12H2,1-2H3. The summed E-state index contributed by atoms with van der Waals surface area (Å²) in [6.45, 7) is 1.24. The van der Waals surface area contributed by atoms with Crippen molar-refractivity contribution in [3.05, 3.63) is 58.1 Å². The van der Waals surface area contributed by atoms with E-state index in [0.29, 0.717) is 18.8 Å². The molecule has 144 valence electrons. The predicted molar refractivity (Wildman–Crippen MR) is 102 cm³/mol. The van der Waals surface area contributed by atoms with Crippen LogP contribution >= 0.6 is 0 Å². The van der Waals surface area contributed by atoms with Gasteiger partial charge in [-0.2, -0.15) is 0 Å². The summed E-state index contributed by atoms with van der Waals surface area (Å²) in [6.07, 6.45) is 0.827. The third kappa shape index (κ3) is 3.74. The number of para-hydroxylation sites is 1. The molecule has 0 bridgehead atoms. The summed E-state index contributed by atoms with van der Waals surface area (Å²) in [4.78, 5) is 12.8. The van der Waals surface area contributed by atoms with Crippen molar-refractivity contribution < 1.29 is 18.1 Å². The largest absolute Gasteiger partial charge is 0.496 e. The van der Waals surface area contributed by atoms with E-state index in [9.17, 15) is 18.5 Å². The van der Waals surface area contributed by atoms with Gasteiger partial charge in [0.25, 0.3) is 5.69 Å². The summed E-state index contributed by atoms with van der Waals surface area (Å²) in [6, 6.07) is 11.8. The van der Waals surface area contributed by atoms with Crippen LogP contribution in [0.2, 0.25) is 0 Å². The molecule has 0 aromatic heterocycles. The molecule has 0 spiro atoms. The quantitative estimate of drug-likeness (QED) is 0.600. The van der Waals surface area contributed by atoms with Gasteiger partial charge in [-0.3, -0.25) is 10.1 Å². The Morgan fingerprint density at radius 3 is 2.67 bits per heavy atom. The Labute approximate surface area is 158 Å². The zero-order valence-electron chi connectivity index (χ0n) is 15.1. The average Bonchev–Trinajstić information content (AvgIpc) is 3.17. The van der Waals surface area contributed by atoms with Gasteiger partial charge in [-0.05, 0) is 37.2 Å². The molecular formula is C18H21N3O5S. The minimum atomic E-state index is -3.75. The van der Waals surface area contributed by atoms with Crippen molar-refractivity contribution in [1.29, 1.82) is 0 Å². The number of hydrogen-bond donors (Lipinski definition) is 1. The van der Waals surface area contributed by atoms with Gasteiger partial charge in [-0.1, -0.05) is 18.2 Å². The van der Waals surface area contributed by atoms with E-state index < -0.39 is 14.9 Å². The van der Waals surface area contributed by atoms with Crippen molar-refractivity contribution >= 4 is 21.4 Å². The molecule has 1 heterocycles. The van der Waals surface area contributed by atoms with E-state index in [2.05, 4.69) is 4.72 Å². The molecule has 3 rings (SSSR count). The normalized spacial score (nSPS) is 17.1. The van der Waals surface area contributed by atoms with Crippen LogP contribution in [0.4, 0.5) is 11.4 Å². The van der Waals surface area contributed by atoms with Crippen LogP contribution in [-0.2, 0) is 10.0 Å². The van der Waals surface area contributed by atoms with Crippen LogP contribution in [0.3, 0.4) is 0 Å². The van der Waals surface area contributed by atoms with Gasteiger partial charge in [0, 0.05) is 25.1 Å². The number of nitrogens with zero attached hydrogens (tertiary/aromatic N) is 2. The van der Waals surface area contributed by atoms with E-state index in [1.54, 1.807) is 7.11 Å². The molecule has 1 aliphatic heterocycles. The van der Waals surface area contributed by atoms with Gasteiger partial charge in [0.1, 0.15) is 11.4 Å². The molecular weight excluding hydrogens is 370 g/mol. The van der Waals surface area contributed by atoms with Crippen LogP contribution in [0.15, 0.2) is 47.4 Å². The van der Waals surface area contributed by atoms with Gasteiger partial charge in [0.15, 0.2) is 0 Å².